The van der Waals surface area contributed by atoms with Gasteiger partial charge in [-0.25, -0.2) is 4.68 Å². The third kappa shape index (κ3) is 7.37. The first-order valence-electron chi connectivity index (χ1n) is 16.4. The van der Waals surface area contributed by atoms with Gasteiger partial charge in [-0.1, -0.05) is 24.3 Å². The summed E-state index contributed by atoms with van der Waals surface area (Å²) in [6, 6.07) is 14.0. The van der Waals surface area contributed by atoms with Crippen LogP contribution < -0.4 is 26.0 Å². The van der Waals surface area contributed by atoms with E-state index in [-0.39, 0.29) is 46.4 Å². The Labute approximate surface area is 287 Å². The van der Waals surface area contributed by atoms with Crippen LogP contribution in [0.2, 0.25) is 0 Å². The molecule has 6 rings (SSSR count). The molecule has 1 amide bonds. The topological polar surface area (TPSA) is 150 Å². The molecule has 2 aromatic carbocycles. The lowest BCUT2D eigenvalue weighted by Crippen LogP contribution is -2.41. The molecule has 1 unspecified atom stereocenters. The maximum Gasteiger partial charge on any atom is 0.429 e. The van der Waals surface area contributed by atoms with Crippen LogP contribution in [-0.2, 0) is 9.53 Å². The van der Waals surface area contributed by atoms with Crippen LogP contribution in [0, 0.1) is 12.3 Å². The third-order valence-electron chi connectivity index (χ3n) is 9.31. The predicted octanol–water partition coefficient (Wildman–Crippen LogP) is 4.77. The van der Waals surface area contributed by atoms with E-state index in [0.29, 0.717) is 60.9 Å². The standard InChI is InChI=1S/C35H39F3N8O4/c1-4-49-32(48)26-19-34(20-41-26)12-15-45(16-13-34)28-18-29(43-33(39)42-28)50-30(35(36,37)38)25-10-9-24(17-27(25)46-14-11-21(2)44-46)22-5-7-23(8-6-22)31(47)40-3/h5-11,14,17-18,26,30,41H,4,12-13,15-16,19-20H2,1-3H3,(H,40,47)(H2,39,42,43)/t26?,30-/m1/s1. The number of benzene rings is 2. The van der Waals surface area contributed by atoms with E-state index in [1.165, 1.54) is 23.9 Å². The number of carbonyl (C=O) groups excluding carboxylic acids is 2. The van der Waals surface area contributed by atoms with E-state index in [2.05, 4.69) is 25.7 Å². The number of anilines is 2. The minimum absolute atomic E-state index is 0.0905. The number of nitrogens with two attached hydrogens (primary N) is 1. The molecule has 0 aliphatic carbocycles. The molecule has 2 aromatic heterocycles. The Bertz CT molecular complexity index is 1860. The molecule has 15 heteroatoms. The zero-order valence-corrected chi connectivity index (χ0v) is 28.0. The van der Waals surface area contributed by atoms with Crippen molar-refractivity contribution >= 4 is 23.6 Å². The number of nitrogens with zero attached hydrogens (tertiary/aromatic N) is 5. The minimum atomic E-state index is -4.85. The molecular formula is C35H39F3N8O4. The van der Waals surface area contributed by atoms with Gasteiger partial charge in [-0.15, -0.1) is 0 Å². The Morgan fingerprint density at radius 3 is 2.44 bits per heavy atom. The second-order valence-electron chi connectivity index (χ2n) is 12.7. The first-order chi connectivity index (χ1) is 23.9. The first kappa shape index (κ1) is 34.7. The summed E-state index contributed by atoms with van der Waals surface area (Å²) >= 11 is 0. The predicted molar refractivity (Wildman–Crippen MR) is 180 cm³/mol. The molecule has 2 aliphatic rings. The van der Waals surface area contributed by atoms with Crippen molar-refractivity contribution < 1.29 is 32.2 Å². The van der Waals surface area contributed by atoms with Crippen LogP contribution in [0.25, 0.3) is 16.8 Å². The summed E-state index contributed by atoms with van der Waals surface area (Å²) in [4.78, 5) is 34.6. The Morgan fingerprint density at radius 2 is 1.80 bits per heavy atom. The van der Waals surface area contributed by atoms with E-state index in [1.54, 1.807) is 62.5 Å². The quantitative estimate of drug-likeness (QED) is 0.210. The van der Waals surface area contributed by atoms with Gasteiger partial charge in [0.25, 0.3) is 5.91 Å². The summed E-state index contributed by atoms with van der Waals surface area (Å²) in [5.41, 5.74) is 8.27. The monoisotopic (exact) mass is 692 g/mol. The Morgan fingerprint density at radius 1 is 1.08 bits per heavy atom. The van der Waals surface area contributed by atoms with Gasteiger partial charge in [0.05, 0.1) is 18.0 Å². The van der Waals surface area contributed by atoms with E-state index in [0.717, 1.165) is 12.8 Å². The van der Waals surface area contributed by atoms with E-state index < -0.39 is 12.3 Å². The van der Waals surface area contributed by atoms with Crippen LogP contribution in [0.4, 0.5) is 24.9 Å². The average Bonchev–Trinajstić information content (AvgIpc) is 3.73. The highest BCUT2D eigenvalue weighted by Crippen LogP contribution is 2.43. The van der Waals surface area contributed by atoms with Crippen molar-refractivity contribution in [3.63, 3.8) is 0 Å². The third-order valence-corrected chi connectivity index (χ3v) is 9.31. The normalized spacial score (nSPS) is 17.8. The number of piperidine rings is 1. The van der Waals surface area contributed by atoms with E-state index >= 15 is 0 Å². The van der Waals surface area contributed by atoms with E-state index in [1.807, 2.05) is 4.90 Å². The number of alkyl halides is 3. The summed E-state index contributed by atoms with van der Waals surface area (Å²) in [6.45, 7) is 5.63. The number of hydrogen-bond acceptors (Lipinski definition) is 10. The molecule has 12 nitrogen and oxygen atoms in total. The Hall–Kier alpha value is -5.18. The molecule has 50 heavy (non-hydrogen) atoms. The zero-order chi connectivity index (χ0) is 35.6. The SMILES string of the molecule is CCOC(=O)C1CC2(CCN(c3cc(O[C@H](c4ccc(-c5ccc(C(=O)NC)cc5)cc4-n4ccc(C)n4)C(F)(F)F)nc(N)n3)CC2)CN1. The number of halogens is 3. The summed E-state index contributed by atoms with van der Waals surface area (Å²) in [6.07, 6.45) is -3.55. The second kappa shape index (κ2) is 14.0. The van der Waals surface area contributed by atoms with Crippen molar-refractivity contribution in [2.45, 2.75) is 51.4 Å². The van der Waals surface area contributed by atoms with Gasteiger partial charge in [0.15, 0.2) is 0 Å². The molecule has 4 aromatic rings. The van der Waals surface area contributed by atoms with E-state index in [9.17, 15) is 22.8 Å². The van der Waals surface area contributed by atoms with Gasteiger partial charge in [0.2, 0.25) is 17.9 Å². The molecule has 0 radical (unpaired) electrons. The summed E-state index contributed by atoms with van der Waals surface area (Å²) in [7, 11) is 1.53. The maximum atomic E-state index is 14.9. The lowest BCUT2D eigenvalue weighted by molar-refractivity contribution is -0.198. The lowest BCUT2D eigenvalue weighted by atomic mass is 9.76. The van der Waals surface area contributed by atoms with Gasteiger partial charge in [-0.05, 0) is 73.9 Å². The van der Waals surface area contributed by atoms with Gasteiger partial charge in [0.1, 0.15) is 11.9 Å². The van der Waals surface area contributed by atoms with Crippen molar-refractivity contribution in [1.82, 2.24) is 30.4 Å². The molecule has 4 heterocycles. The van der Waals surface area contributed by atoms with Crippen LogP contribution in [-0.4, -0.2) is 77.1 Å². The number of rotatable bonds is 9. The van der Waals surface area contributed by atoms with Crippen LogP contribution in [0.3, 0.4) is 0 Å². The van der Waals surface area contributed by atoms with Crippen molar-refractivity contribution in [2.75, 3.05) is 43.9 Å². The summed E-state index contributed by atoms with van der Waals surface area (Å²) in [5, 5.41) is 10.2. The molecular weight excluding hydrogens is 653 g/mol. The molecule has 2 fully saturated rings. The largest absolute Gasteiger partial charge is 0.465 e. The van der Waals surface area contributed by atoms with Crippen molar-refractivity contribution in [3.8, 4) is 22.7 Å². The lowest BCUT2D eigenvalue weighted by Gasteiger charge is -2.39. The zero-order valence-electron chi connectivity index (χ0n) is 28.0. The Balaban J connectivity index is 1.27. The number of hydrogen-bond donors (Lipinski definition) is 3. The number of nitrogens with one attached hydrogen (secondary N) is 2. The second-order valence-corrected chi connectivity index (χ2v) is 12.7. The minimum Gasteiger partial charge on any atom is -0.465 e. The molecule has 2 saturated heterocycles. The fraction of sp³-hybridized carbons (Fsp3) is 0.400. The number of carbonyl (C=O) groups is 2. The molecule has 264 valence electrons. The van der Waals surface area contributed by atoms with Crippen LogP contribution >= 0.6 is 0 Å². The number of ether oxygens (including phenoxy) is 2. The number of aryl methyl sites for hydroxylation is 1. The fourth-order valence-electron chi connectivity index (χ4n) is 6.65. The summed E-state index contributed by atoms with van der Waals surface area (Å²) in [5.74, 6) is -0.695. The van der Waals surface area contributed by atoms with Gasteiger partial charge in [-0.2, -0.15) is 28.2 Å². The van der Waals surface area contributed by atoms with Gasteiger partial charge in [0, 0.05) is 50.1 Å². The fourth-order valence-corrected chi connectivity index (χ4v) is 6.65. The average molecular weight is 693 g/mol. The molecule has 0 bridgehead atoms. The van der Waals surface area contributed by atoms with Gasteiger partial charge in [-0.3, -0.25) is 9.59 Å². The van der Waals surface area contributed by atoms with Gasteiger partial charge >= 0.3 is 12.1 Å². The van der Waals surface area contributed by atoms with Crippen LogP contribution in [0.1, 0.15) is 53.9 Å². The highest BCUT2D eigenvalue weighted by atomic mass is 19.4. The van der Waals surface area contributed by atoms with Crippen molar-refractivity contribution in [2.24, 2.45) is 5.41 Å². The number of nitrogen functional groups attached to an aromatic ring is 1. The first-order valence-corrected chi connectivity index (χ1v) is 16.4. The smallest absolute Gasteiger partial charge is 0.429 e. The highest BCUT2D eigenvalue weighted by Gasteiger charge is 2.46. The van der Waals surface area contributed by atoms with Gasteiger partial charge < -0.3 is 30.7 Å². The van der Waals surface area contributed by atoms with E-state index in [4.69, 9.17) is 15.2 Å². The summed E-state index contributed by atoms with van der Waals surface area (Å²) < 4.78 is 57.0. The molecule has 2 aliphatic heterocycles. The maximum absolute atomic E-state index is 14.9. The molecule has 0 saturated carbocycles. The number of aromatic nitrogens is 4. The van der Waals surface area contributed by atoms with Crippen molar-refractivity contribution in [3.05, 3.63) is 77.6 Å². The highest BCUT2D eigenvalue weighted by molar-refractivity contribution is 5.94. The molecule has 2 atom stereocenters. The number of amides is 1. The molecule has 1 spiro atoms. The van der Waals surface area contributed by atoms with Crippen LogP contribution in [0.5, 0.6) is 5.88 Å². The Kier molecular flexibility index (Phi) is 9.69. The number of esters is 1. The van der Waals surface area contributed by atoms with Crippen LogP contribution in [0.15, 0.2) is 60.8 Å². The molecule has 4 N–H and O–H groups in total. The van der Waals surface area contributed by atoms with Crippen molar-refractivity contribution in [1.29, 1.82) is 0 Å².